The Bertz CT molecular complexity index is 483. The number of ether oxygens (including phenoxy) is 2. The second kappa shape index (κ2) is 8.76. The fourth-order valence-electron chi connectivity index (χ4n) is 1.46. The van der Waals surface area contributed by atoms with Gasteiger partial charge >= 0.3 is 5.97 Å². The van der Waals surface area contributed by atoms with Crippen LogP contribution in [0.15, 0.2) is 36.9 Å². The number of carbonyl (C=O) groups excluding carboxylic acids is 1. The van der Waals surface area contributed by atoms with E-state index in [1.807, 2.05) is 19.1 Å². The fraction of sp³-hybridized carbons (Fsp3) is 0.333. The Kier molecular flexibility index (Phi) is 6.97. The minimum atomic E-state index is -1.16. The van der Waals surface area contributed by atoms with Crippen molar-refractivity contribution < 1.29 is 24.2 Å². The number of carboxylic acids is 1. The summed E-state index contributed by atoms with van der Waals surface area (Å²) < 4.78 is 10.3. The van der Waals surface area contributed by atoms with Crippen molar-refractivity contribution >= 4 is 11.9 Å². The summed E-state index contributed by atoms with van der Waals surface area (Å²) in [7, 11) is 0. The van der Waals surface area contributed by atoms with Crippen molar-refractivity contribution in [2.24, 2.45) is 0 Å². The van der Waals surface area contributed by atoms with E-state index in [0.29, 0.717) is 5.75 Å². The van der Waals surface area contributed by atoms with E-state index in [9.17, 15) is 9.59 Å². The van der Waals surface area contributed by atoms with Crippen molar-refractivity contribution in [3.63, 3.8) is 0 Å². The highest BCUT2D eigenvalue weighted by Gasteiger charge is 2.20. The van der Waals surface area contributed by atoms with Gasteiger partial charge in [0.05, 0.1) is 13.2 Å². The minimum Gasteiger partial charge on any atom is -0.484 e. The number of carbonyl (C=O) groups is 2. The third-order valence-corrected chi connectivity index (χ3v) is 2.54. The quantitative estimate of drug-likeness (QED) is 0.527. The number of carboxylic acid groups (broad SMARTS) is 1. The molecule has 1 aromatic rings. The number of hydrogen-bond donors (Lipinski definition) is 2. The molecular formula is C15H19NO5. The van der Waals surface area contributed by atoms with E-state index >= 15 is 0 Å². The maximum atomic E-state index is 11.7. The van der Waals surface area contributed by atoms with Crippen molar-refractivity contribution in [2.45, 2.75) is 13.0 Å². The van der Waals surface area contributed by atoms with E-state index in [-0.39, 0.29) is 19.8 Å². The molecule has 0 heterocycles. The molecule has 0 spiro atoms. The summed E-state index contributed by atoms with van der Waals surface area (Å²) in [5, 5.41) is 11.3. The molecule has 0 radical (unpaired) electrons. The van der Waals surface area contributed by atoms with Gasteiger partial charge in [-0.05, 0) is 19.1 Å². The predicted octanol–water partition coefficient (Wildman–Crippen LogP) is 1.15. The van der Waals surface area contributed by atoms with Crippen LogP contribution in [0, 0.1) is 6.92 Å². The summed E-state index contributed by atoms with van der Waals surface area (Å²) in [5.41, 5.74) is 1.08. The molecule has 1 unspecified atom stereocenters. The molecular weight excluding hydrogens is 274 g/mol. The highest BCUT2D eigenvalue weighted by atomic mass is 16.5. The summed E-state index contributed by atoms with van der Waals surface area (Å²) in [5.74, 6) is -1.14. The zero-order valence-corrected chi connectivity index (χ0v) is 11.9. The van der Waals surface area contributed by atoms with Crippen LogP contribution >= 0.6 is 0 Å². The summed E-state index contributed by atoms with van der Waals surface area (Å²) >= 11 is 0. The molecule has 114 valence electrons. The van der Waals surface area contributed by atoms with Crippen LogP contribution in [0.2, 0.25) is 0 Å². The first-order valence-electron chi connectivity index (χ1n) is 6.43. The Morgan fingerprint density at radius 3 is 2.62 bits per heavy atom. The average molecular weight is 293 g/mol. The second-order valence-electron chi connectivity index (χ2n) is 4.39. The first-order chi connectivity index (χ1) is 10.0. The van der Waals surface area contributed by atoms with E-state index in [4.69, 9.17) is 14.6 Å². The second-order valence-corrected chi connectivity index (χ2v) is 4.39. The van der Waals surface area contributed by atoms with Gasteiger partial charge in [0.15, 0.2) is 12.6 Å². The summed E-state index contributed by atoms with van der Waals surface area (Å²) in [6, 6.07) is 6.08. The van der Waals surface area contributed by atoms with Crippen LogP contribution < -0.4 is 10.1 Å². The minimum absolute atomic E-state index is 0.127. The Morgan fingerprint density at radius 1 is 1.38 bits per heavy atom. The van der Waals surface area contributed by atoms with Crippen molar-refractivity contribution in [3.8, 4) is 5.75 Å². The van der Waals surface area contributed by atoms with Gasteiger partial charge in [-0.15, -0.1) is 6.58 Å². The third kappa shape index (κ3) is 6.58. The largest absolute Gasteiger partial charge is 0.484 e. The van der Waals surface area contributed by atoms with Crippen LogP contribution in [0.4, 0.5) is 0 Å². The topological polar surface area (TPSA) is 84.9 Å². The number of aliphatic carboxylic acids is 1. The normalized spacial score (nSPS) is 11.5. The Hall–Kier alpha value is -2.34. The molecule has 1 aromatic carbocycles. The Labute approximate surface area is 123 Å². The highest BCUT2D eigenvalue weighted by molar-refractivity contribution is 5.84. The molecule has 0 saturated carbocycles. The van der Waals surface area contributed by atoms with Gasteiger partial charge in [0.25, 0.3) is 5.91 Å². The number of nitrogens with one attached hydrogen (secondary N) is 1. The number of aryl methyl sites for hydroxylation is 1. The third-order valence-electron chi connectivity index (χ3n) is 2.54. The molecule has 1 rings (SSSR count). The molecule has 6 heteroatoms. The van der Waals surface area contributed by atoms with Crippen molar-refractivity contribution in [1.29, 1.82) is 0 Å². The molecule has 1 atom stereocenters. The first kappa shape index (κ1) is 16.7. The molecule has 2 N–H and O–H groups in total. The molecule has 0 fully saturated rings. The van der Waals surface area contributed by atoms with Gasteiger partial charge < -0.3 is 19.9 Å². The van der Waals surface area contributed by atoms with Gasteiger partial charge in [0.2, 0.25) is 0 Å². The number of benzene rings is 1. The van der Waals surface area contributed by atoms with Crippen LogP contribution in [0.3, 0.4) is 0 Å². The molecule has 0 aliphatic rings. The number of hydrogen-bond acceptors (Lipinski definition) is 4. The van der Waals surface area contributed by atoms with Gasteiger partial charge in [-0.25, -0.2) is 4.79 Å². The molecule has 1 amide bonds. The van der Waals surface area contributed by atoms with Gasteiger partial charge in [0, 0.05) is 0 Å². The van der Waals surface area contributed by atoms with Crippen LogP contribution in [0.1, 0.15) is 5.56 Å². The zero-order valence-electron chi connectivity index (χ0n) is 11.9. The lowest BCUT2D eigenvalue weighted by molar-refractivity contribution is -0.143. The first-order valence-corrected chi connectivity index (χ1v) is 6.43. The van der Waals surface area contributed by atoms with E-state index in [0.717, 1.165) is 5.56 Å². The summed E-state index contributed by atoms with van der Waals surface area (Å²) in [6.07, 6.45) is 1.50. The smallest absolute Gasteiger partial charge is 0.328 e. The predicted molar refractivity (Wildman–Crippen MR) is 77.3 cm³/mol. The molecule has 0 aromatic heterocycles. The monoisotopic (exact) mass is 293 g/mol. The van der Waals surface area contributed by atoms with Crippen LogP contribution in [-0.2, 0) is 14.3 Å². The molecule has 0 bridgehead atoms. The van der Waals surface area contributed by atoms with Gasteiger partial charge in [-0.1, -0.05) is 23.8 Å². The lowest BCUT2D eigenvalue weighted by Gasteiger charge is -2.14. The van der Waals surface area contributed by atoms with Crippen molar-refractivity contribution in [3.05, 3.63) is 42.5 Å². The molecule has 0 aliphatic carbocycles. The Balaban J connectivity index is 2.40. The molecule has 6 nitrogen and oxygen atoms in total. The van der Waals surface area contributed by atoms with E-state index in [2.05, 4.69) is 11.9 Å². The molecule has 21 heavy (non-hydrogen) atoms. The van der Waals surface area contributed by atoms with Gasteiger partial charge in [0.1, 0.15) is 5.75 Å². The standard InChI is InChI=1S/C15H19NO5/c1-3-8-20-9-13(15(18)19)16-14(17)10-21-12-6-4-11(2)5-7-12/h3-7,13H,1,8-10H2,2H3,(H,16,17)(H,18,19). The van der Waals surface area contributed by atoms with E-state index in [1.54, 1.807) is 12.1 Å². The Morgan fingerprint density at radius 2 is 2.05 bits per heavy atom. The SMILES string of the molecule is C=CCOCC(NC(=O)COc1ccc(C)cc1)C(=O)O. The van der Waals surface area contributed by atoms with Gasteiger partial charge in [-0.3, -0.25) is 4.79 Å². The molecule has 0 saturated heterocycles. The summed E-state index contributed by atoms with van der Waals surface area (Å²) in [6.45, 7) is 5.23. The van der Waals surface area contributed by atoms with E-state index in [1.165, 1.54) is 6.08 Å². The maximum absolute atomic E-state index is 11.7. The fourth-order valence-corrected chi connectivity index (χ4v) is 1.46. The maximum Gasteiger partial charge on any atom is 0.328 e. The van der Waals surface area contributed by atoms with Crippen molar-refractivity contribution in [1.82, 2.24) is 5.32 Å². The average Bonchev–Trinajstić information content (AvgIpc) is 2.45. The molecule has 0 aliphatic heterocycles. The van der Waals surface area contributed by atoms with Gasteiger partial charge in [-0.2, -0.15) is 0 Å². The lowest BCUT2D eigenvalue weighted by atomic mass is 10.2. The van der Waals surface area contributed by atoms with Crippen molar-refractivity contribution in [2.75, 3.05) is 19.8 Å². The zero-order chi connectivity index (χ0) is 15.7. The van der Waals surface area contributed by atoms with E-state index < -0.39 is 17.9 Å². The van der Waals surface area contributed by atoms with Crippen LogP contribution in [0.5, 0.6) is 5.75 Å². The summed E-state index contributed by atoms with van der Waals surface area (Å²) in [4.78, 5) is 22.6. The lowest BCUT2D eigenvalue weighted by Crippen LogP contribution is -2.45. The highest BCUT2D eigenvalue weighted by Crippen LogP contribution is 2.10. The van der Waals surface area contributed by atoms with Crippen LogP contribution in [0.25, 0.3) is 0 Å². The number of amides is 1. The van der Waals surface area contributed by atoms with Crippen LogP contribution in [-0.4, -0.2) is 42.8 Å². The number of rotatable bonds is 9.